The first kappa shape index (κ1) is 13.0. The van der Waals surface area contributed by atoms with Crippen LogP contribution in [0.2, 0.25) is 0 Å². The highest BCUT2D eigenvalue weighted by Gasteiger charge is 2.40. The van der Waals surface area contributed by atoms with Crippen molar-refractivity contribution in [2.75, 3.05) is 7.05 Å². The molecule has 1 aliphatic carbocycles. The van der Waals surface area contributed by atoms with Crippen LogP contribution >= 0.6 is 0 Å². The van der Waals surface area contributed by atoms with Gasteiger partial charge in [0.2, 0.25) is 0 Å². The predicted octanol–water partition coefficient (Wildman–Crippen LogP) is 3.84. The molecule has 1 atom stereocenters. The molecule has 1 fully saturated rings. The van der Waals surface area contributed by atoms with Gasteiger partial charge in [0.1, 0.15) is 0 Å². The van der Waals surface area contributed by atoms with E-state index < -0.39 is 0 Å². The maximum Gasteiger partial charge on any atom is 0.00901 e. The van der Waals surface area contributed by atoms with Crippen LogP contribution < -0.4 is 5.32 Å². The van der Waals surface area contributed by atoms with E-state index in [1.54, 1.807) is 0 Å². The summed E-state index contributed by atoms with van der Waals surface area (Å²) in [5, 5.41) is 3.50. The Morgan fingerprint density at radius 1 is 1.13 bits per heavy atom. The van der Waals surface area contributed by atoms with E-state index in [1.165, 1.54) is 25.7 Å². The molecular weight excluding hydrogens is 182 g/mol. The van der Waals surface area contributed by atoms with Crippen LogP contribution in [0.1, 0.15) is 60.3 Å². The Morgan fingerprint density at radius 2 is 1.60 bits per heavy atom. The third-order valence-electron chi connectivity index (χ3n) is 3.97. The van der Waals surface area contributed by atoms with E-state index in [-0.39, 0.29) is 0 Å². The van der Waals surface area contributed by atoms with Crippen LogP contribution in [0.5, 0.6) is 0 Å². The summed E-state index contributed by atoms with van der Waals surface area (Å²) in [5.74, 6) is 0.860. The Bertz CT molecular complexity index is 185. The Balaban J connectivity index is 2.74. The first-order valence-electron chi connectivity index (χ1n) is 6.47. The molecule has 0 aliphatic heterocycles. The minimum absolute atomic E-state index is 0.524. The zero-order valence-electron chi connectivity index (χ0n) is 11.5. The molecule has 0 heterocycles. The van der Waals surface area contributed by atoms with Crippen molar-refractivity contribution in [3.05, 3.63) is 0 Å². The summed E-state index contributed by atoms with van der Waals surface area (Å²) >= 11 is 0. The lowest BCUT2D eigenvalue weighted by molar-refractivity contribution is 0.0500. The molecule has 1 unspecified atom stereocenters. The predicted molar refractivity (Wildman–Crippen MR) is 68.0 cm³/mol. The van der Waals surface area contributed by atoms with Crippen LogP contribution in [0.3, 0.4) is 0 Å². The maximum atomic E-state index is 3.50. The molecule has 1 saturated carbocycles. The first-order chi connectivity index (χ1) is 6.79. The molecule has 1 aliphatic rings. The van der Waals surface area contributed by atoms with Gasteiger partial charge in [-0.05, 0) is 49.5 Å². The van der Waals surface area contributed by atoms with Crippen LogP contribution in [-0.2, 0) is 0 Å². The van der Waals surface area contributed by atoms with Gasteiger partial charge in [-0.1, -0.05) is 34.6 Å². The fraction of sp³-hybridized carbons (Fsp3) is 1.00. The number of rotatable bonds is 3. The second-order valence-corrected chi connectivity index (χ2v) is 6.98. The molecule has 0 spiro atoms. The zero-order chi connectivity index (χ0) is 11.7. The fourth-order valence-corrected chi connectivity index (χ4v) is 3.99. The van der Waals surface area contributed by atoms with Crippen molar-refractivity contribution in [3.8, 4) is 0 Å². The highest BCUT2D eigenvalue weighted by atomic mass is 14.9. The molecule has 0 aromatic carbocycles. The zero-order valence-corrected chi connectivity index (χ0v) is 11.5. The van der Waals surface area contributed by atoms with E-state index in [9.17, 15) is 0 Å². The smallest absolute Gasteiger partial charge is 0.00901 e. The van der Waals surface area contributed by atoms with E-state index >= 15 is 0 Å². The van der Waals surface area contributed by atoms with Crippen molar-refractivity contribution in [3.63, 3.8) is 0 Å². The fourth-order valence-electron chi connectivity index (χ4n) is 3.99. The summed E-state index contributed by atoms with van der Waals surface area (Å²) in [5.41, 5.74) is 1.05. The standard InChI is InChI=1S/C14H29N/c1-7-12(15-6)11-8-13(2,3)10-14(4,5)9-11/h11-12,15H,7-10H2,1-6H3. The van der Waals surface area contributed by atoms with E-state index in [1.807, 2.05) is 0 Å². The molecule has 0 aromatic heterocycles. The number of hydrogen-bond acceptors (Lipinski definition) is 1. The van der Waals surface area contributed by atoms with Gasteiger partial charge < -0.3 is 5.32 Å². The maximum absolute atomic E-state index is 3.50. The lowest BCUT2D eigenvalue weighted by Gasteiger charge is -2.47. The third kappa shape index (κ3) is 3.48. The summed E-state index contributed by atoms with van der Waals surface area (Å²) in [4.78, 5) is 0. The second-order valence-electron chi connectivity index (χ2n) is 6.98. The van der Waals surface area contributed by atoms with E-state index in [4.69, 9.17) is 0 Å². The van der Waals surface area contributed by atoms with Crippen molar-refractivity contribution in [1.82, 2.24) is 5.32 Å². The molecule has 90 valence electrons. The van der Waals surface area contributed by atoms with E-state index in [2.05, 4.69) is 47.0 Å². The first-order valence-corrected chi connectivity index (χ1v) is 6.47. The quantitative estimate of drug-likeness (QED) is 0.748. The Morgan fingerprint density at radius 3 is 1.93 bits per heavy atom. The average Bonchev–Trinajstić information content (AvgIpc) is 2.00. The second kappa shape index (κ2) is 4.45. The summed E-state index contributed by atoms with van der Waals surface area (Å²) in [6, 6.07) is 0.712. The summed E-state index contributed by atoms with van der Waals surface area (Å²) < 4.78 is 0. The highest BCUT2D eigenvalue weighted by molar-refractivity contribution is 4.92. The van der Waals surface area contributed by atoms with Gasteiger partial charge in [0.15, 0.2) is 0 Å². The average molecular weight is 211 g/mol. The van der Waals surface area contributed by atoms with E-state index in [0.29, 0.717) is 16.9 Å². The molecule has 15 heavy (non-hydrogen) atoms. The van der Waals surface area contributed by atoms with Crippen LogP contribution in [0.15, 0.2) is 0 Å². The van der Waals surface area contributed by atoms with Crippen LogP contribution in [0.25, 0.3) is 0 Å². The van der Waals surface area contributed by atoms with Crippen molar-refractivity contribution >= 4 is 0 Å². The molecule has 0 bridgehead atoms. The van der Waals surface area contributed by atoms with Crippen molar-refractivity contribution in [2.24, 2.45) is 16.7 Å². The van der Waals surface area contributed by atoms with Crippen molar-refractivity contribution in [1.29, 1.82) is 0 Å². The molecule has 1 nitrogen and oxygen atoms in total. The molecule has 1 N–H and O–H groups in total. The molecule has 0 amide bonds. The van der Waals surface area contributed by atoms with Crippen molar-refractivity contribution < 1.29 is 0 Å². The van der Waals surface area contributed by atoms with Crippen LogP contribution in [0.4, 0.5) is 0 Å². The SMILES string of the molecule is CCC(NC)C1CC(C)(C)CC(C)(C)C1. The summed E-state index contributed by atoms with van der Waals surface area (Å²) in [6.07, 6.45) is 5.40. The molecule has 1 rings (SSSR count). The molecule has 1 heteroatoms. The topological polar surface area (TPSA) is 12.0 Å². The van der Waals surface area contributed by atoms with Crippen LogP contribution in [-0.4, -0.2) is 13.1 Å². The number of hydrogen-bond donors (Lipinski definition) is 1. The summed E-state index contributed by atoms with van der Waals surface area (Å²) in [7, 11) is 2.11. The minimum atomic E-state index is 0.524. The molecule has 0 radical (unpaired) electrons. The van der Waals surface area contributed by atoms with Gasteiger partial charge in [0.05, 0.1) is 0 Å². The van der Waals surface area contributed by atoms with Gasteiger partial charge in [-0.15, -0.1) is 0 Å². The normalized spacial score (nSPS) is 27.6. The van der Waals surface area contributed by atoms with Crippen LogP contribution in [0, 0.1) is 16.7 Å². The Labute approximate surface area is 96.0 Å². The van der Waals surface area contributed by atoms with Gasteiger partial charge in [-0.25, -0.2) is 0 Å². The third-order valence-corrected chi connectivity index (χ3v) is 3.97. The van der Waals surface area contributed by atoms with Gasteiger partial charge in [0, 0.05) is 6.04 Å². The lowest BCUT2D eigenvalue weighted by atomic mass is 9.60. The Hall–Kier alpha value is -0.0400. The molecule has 0 aromatic rings. The van der Waals surface area contributed by atoms with Gasteiger partial charge >= 0.3 is 0 Å². The Kier molecular flexibility index (Phi) is 3.86. The molecule has 0 saturated heterocycles. The van der Waals surface area contributed by atoms with Gasteiger partial charge in [-0.3, -0.25) is 0 Å². The lowest BCUT2D eigenvalue weighted by Crippen LogP contribution is -2.43. The van der Waals surface area contributed by atoms with Gasteiger partial charge in [-0.2, -0.15) is 0 Å². The number of nitrogens with one attached hydrogen (secondary N) is 1. The van der Waals surface area contributed by atoms with E-state index in [0.717, 1.165) is 5.92 Å². The largest absolute Gasteiger partial charge is 0.317 e. The van der Waals surface area contributed by atoms with Crippen molar-refractivity contribution in [2.45, 2.75) is 66.3 Å². The monoisotopic (exact) mass is 211 g/mol. The minimum Gasteiger partial charge on any atom is -0.317 e. The van der Waals surface area contributed by atoms with Gasteiger partial charge in [0.25, 0.3) is 0 Å². The molecular formula is C14H29N. The summed E-state index contributed by atoms with van der Waals surface area (Å²) in [6.45, 7) is 12.0. The highest BCUT2D eigenvalue weighted by Crippen LogP contribution is 2.49.